The van der Waals surface area contributed by atoms with Crippen LogP contribution in [-0.4, -0.2) is 47.6 Å². The Bertz CT molecular complexity index is 837. The van der Waals surface area contributed by atoms with Gasteiger partial charge in [0.05, 0.1) is 6.61 Å². The topological polar surface area (TPSA) is 69.6 Å². The maximum atomic E-state index is 12.7. The number of rotatable bonds is 12. The fourth-order valence-corrected chi connectivity index (χ4v) is 4.38. The van der Waals surface area contributed by atoms with E-state index in [-0.39, 0.29) is 17.2 Å². The Kier molecular flexibility index (Phi) is 12.9. The standard InChI is InChI=1S/C29H46N2O3/c1-8-18-31(19-9-2)28(34)26(21-32)30-27(33)20-23(4)13-10-12-22(3)15-16-25-24(5)14-11-17-29(25,6)7/h10,12-13,15-16,20,26,32H,8-9,11,14,17-19,21H2,1-7H3,(H,30,33). The lowest BCUT2D eigenvalue weighted by molar-refractivity contribution is -0.136. The highest BCUT2D eigenvalue weighted by Crippen LogP contribution is 2.40. The molecule has 0 fully saturated rings. The molecule has 1 aliphatic rings. The number of amides is 2. The molecule has 190 valence electrons. The molecule has 0 saturated carbocycles. The third-order valence-electron chi connectivity index (χ3n) is 6.23. The summed E-state index contributed by atoms with van der Waals surface area (Å²) in [5.74, 6) is -0.622. The zero-order valence-electron chi connectivity index (χ0n) is 22.4. The Labute approximate surface area is 207 Å². The van der Waals surface area contributed by atoms with Gasteiger partial charge in [0, 0.05) is 19.2 Å². The summed E-state index contributed by atoms with van der Waals surface area (Å²) in [6.45, 7) is 15.6. The Morgan fingerprint density at radius 2 is 1.76 bits per heavy atom. The first-order valence-electron chi connectivity index (χ1n) is 12.7. The zero-order chi connectivity index (χ0) is 25.7. The van der Waals surface area contributed by atoms with Crippen LogP contribution in [0.4, 0.5) is 0 Å². The summed E-state index contributed by atoms with van der Waals surface area (Å²) in [5.41, 5.74) is 5.04. The fraction of sp³-hybridized carbons (Fsp3) is 0.586. The average molecular weight is 471 g/mol. The Morgan fingerprint density at radius 1 is 1.12 bits per heavy atom. The van der Waals surface area contributed by atoms with Gasteiger partial charge in [-0.15, -0.1) is 0 Å². The maximum Gasteiger partial charge on any atom is 0.247 e. The molecule has 0 saturated heterocycles. The molecule has 2 amide bonds. The van der Waals surface area contributed by atoms with E-state index in [1.807, 2.05) is 39.0 Å². The molecular weight excluding hydrogens is 424 g/mol. The summed E-state index contributed by atoms with van der Waals surface area (Å²) in [6, 6.07) is -0.923. The van der Waals surface area contributed by atoms with Crippen molar-refractivity contribution in [2.45, 2.75) is 86.6 Å². The normalized spacial score (nSPS) is 18.0. The van der Waals surface area contributed by atoms with Crippen molar-refractivity contribution in [3.8, 4) is 0 Å². The van der Waals surface area contributed by atoms with Crippen LogP contribution in [0.1, 0.15) is 80.6 Å². The molecule has 0 aliphatic heterocycles. The number of nitrogens with one attached hydrogen (secondary N) is 1. The van der Waals surface area contributed by atoms with Crippen molar-refractivity contribution in [1.29, 1.82) is 0 Å². The van der Waals surface area contributed by atoms with Crippen LogP contribution < -0.4 is 5.32 Å². The van der Waals surface area contributed by atoms with Crippen molar-refractivity contribution in [3.05, 3.63) is 58.7 Å². The number of hydrogen-bond donors (Lipinski definition) is 2. The van der Waals surface area contributed by atoms with E-state index in [2.05, 4.69) is 45.2 Å². The van der Waals surface area contributed by atoms with Crippen molar-refractivity contribution < 1.29 is 14.7 Å². The largest absolute Gasteiger partial charge is 0.394 e. The molecule has 0 bridgehead atoms. The number of carbonyl (C=O) groups is 2. The van der Waals surface area contributed by atoms with Gasteiger partial charge in [0.25, 0.3) is 0 Å². The van der Waals surface area contributed by atoms with Gasteiger partial charge in [-0.25, -0.2) is 0 Å². The van der Waals surface area contributed by atoms with Gasteiger partial charge in [-0.05, 0) is 69.4 Å². The molecule has 1 unspecified atom stereocenters. The number of allylic oxidation sites excluding steroid dienone is 9. The van der Waals surface area contributed by atoms with Gasteiger partial charge in [0.1, 0.15) is 6.04 Å². The van der Waals surface area contributed by atoms with E-state index in [1.54, 1.807) is 4.90 Å². The molecule has 0 aromatic carbocycles. The van der Waals surface area contributed by atoms with Crippen LogP contribution in [0.25, 0.3) is 0 Å². The van der Waals surface area contributed by atoms with Gasteiger partial charge in [-0.1, -0.05) is 69.2 Å². The highest BCUT2D eigenvalue weighted by Gasteiger charge is 2.26. The van der Waals surface area contributed by atoms with E-state index < -0.39 is 12.6 Å². The van der Waals surface area contributed by atoms with Gasteiger partial charge < -0.3 is 15.3 Å². The molecule has 0 heterocycles. The predicted octanol–water partition coefficient (Wildman–Crippen LogP) is 5.64. The Balaban J connectivity index is 2.75. The predicted molar refractivity (Wildman–Crippen MR) is 142 cm³/mol. The van der Waals surface area contributed by atoms with Gasteiger partial charge in [-0.2, -0.15) is 0 Å². The third-order valence-corrected chi connectivity index (χ3v) is 6.23. The van der Waals surface area contributed by atoms with Crippen molar-refractivity contribution in [3.63, 3.8) is 0 Å². The minimum Gasteiger partial charge on any atom is -0.394 e. The van der Waals surface area contributed by atoms with Crippen LogP contribution in [0.15, 0.2) is 58.7 Å². The van der Waals surface area contributed by atoms with Gasteiger partial charge in [-0.3, -0.25) is 9.59 Å². The molecule has 1 aliphatic carbocycles. The van der Waals surface area contributed by atoms with Gasteiger partial charge >= 0.3 is 0 Å². The Hall–Kier alpha value is -2.40. The van der Waals surface area contributed by atoms with E-state index in [4.69, 9.17) is 0 Å². The molecule has 2 N–H and O–H groups in total. The van der Waals surface area contributed by atoms with E-state index in [9.17, 15) is 14.7 Å². The van der Waals surface area contributed by atoms with Gasteiger partial charge in [0.2, 0.25) is 11.8 Å². The first-order valence-corrected chi connectivity index (χ1v) is 12.7. The summed E-state index contributed by atoms with van der Waals surface area (Å²) in [6.07, 6.45) is 17.0. The lowest BCUT2D eigenvalue weighted by Crippen LogP contribution is -2.50. The number of nitrogens with zero attached hydrogens (tertiary/aromatic N) is 1. The highest BCUT2D eigenvalue weighted by molar-refractivity contribution is 5.93. The number of aliphatic hydroxyl groups is 1. The molecule has 34 heavy (non-hydrogen) atoms. The van der Waals surface area contributed by atoms with Crippen molar-refractivity contribution in [2.75, 3.05) is 19.7 Å². The van der Waals surface area contributed by atoms with Crippen molar-refractivity contribution >= 4 is 11.8 Å². The lowest BCUT2D eigenvalue weighted by atomic mass is 9.72. The minimum absolute atomic E-state index is 0.222. The summed E-state index contributed by atoms with van der Waals surface area (Å²) >= 11 is 0. The van der Waals surface area contributed by atoms with Crippen molar-refractivity contribution in [2.24, 2.45) is 5.41 Å². The van der Waals surface area contributed by atoms with Crippen LogP contribution in [-0.2, 0) is 9.59 Å². The molecule has 0 aromatic rings. The zero-order valence-corrected chi connectivity index (χ0v) is 22.4. The second-order valence-corrected chi connectivity index (χ2v) is 9.99. The molecular formula is C29H46N2O3. The summed E-state index contributed by atoms with van der Waals surface area (Å²) < 4.78 is 0. The Morgan fingerprint density at radius 3 is 2.32 bits per heavy atom. The maximum absolute atomic E-state index is 12.7. The van der Waals surface area contributed by atoms with E-state index in [0.717, 1.165) is 24.0 Å². The number of hydrogen-bond acceptors (Lipinski definition) is 3. The summed E-state index contributed by atoms with van der Waals surface area (Å²) in [4.78, 5) is 26.8. The second-order valence-electron chi connectivity index (χ2n) is 9.99. The van der Waals surface area contributed by atoms with Crippen LogP contribution >= 0.6 is 0 Å². The van der Waals surface area contributed by atoms with Crippen molar-refractivity contribution in [1.82, 2.24) is 10.2 Å². The fourth-order valence-electron chi connectivity index (χ4n) is 4.38. The molecule has 1 atom stereocenters. The SMILES string of the molecule is CCCN(CCC)C(=O)C(CO)NC(=O)C=C(C)C=CC=C(C)C=CC1=C(C)CCCC1(C)C. The van der Waals surface area contributed by atoms with Crippen LogP contribution in [0, 0.1) is 5.41 Å². The monoisotopic (exact) mass is 470 g/mol. The third kappa shape index (κ3) is 9.84. The first-order chi connectivity index (χ1) is 16.0. The summed E-state index contributed by atoms with van der Waals surface area (Å²) in [5, 5.41) is 12.3. The molecule has 0 radical (unpaired) electrons. The highest BCUT2D eigenvalue weighted by atomic mass is 16.3. The lowest BCUT2D eigenvalue weighted by Gasteiger charge is -2.32. The smallest absolute Gasteiger partial charge is 0.247 e. The summed E-state index contributed by atoms with van der Waals surface area (Å²) in [7, 11) is 0. The molecule has 5 heteroatoms. The minimum atomic E-state index is -0.923. The van der Waals surface area contributed by atoms with E-state index in [1.165, 1.54) is 36.5 Å². The van der Waals surface area contributed by atoms with Crippen LogP contribution in [0.3, 0.4) is 0 Å². The molecule has 0 spiro atoms. The molecule has 5 nitrogen and oxygen atoms in total. The quantitative estimate of drug-likeness (QED) is 0.286. The second kappa shape index (κ2) is 14.8. The van der Waals surface area contributed by atoms with Crippen LogP contribution in [0.2, 0.25) is 0 Å². The van der Waals surface area contributed by atoms with E-state index >= 15 is 0 Å². The van der Waals surface area contributed by atoms with E-state index in [0.29, 0.717) is 13.1 Å². The first kappa shape index (κ1) is 29.6. The molecule has 0 aromatic heterocycles. The molecule has 1 rings (SSSR count). The number of aliphatic hydroxyl groups excluding tert-OH is 1. The van der Waals surface area contributed by atoms with Crippen LogP contribution in [0.5, 0.6) is 0 Å². The number of carbonyl (C=O) groups excluding carboxylic acids is 2. The average Bonchev–Trinajstić information content (AvgIpc) is 2.76. The van der Waals surface area contributed by atoms with Gasteiger partial charge in [0.15, 0.2) is 0 Å².